The van der Waals surface area contributed by atoms with Crippen LogP contribution in [0.5, 0.6) is 11.5 Å². The third-order valence-corrected chi connectivity index (χ3v) is 2.44. The van der Waals surface area contributed by atoms with Gasteiger partial charge in [-0.05, 0) is 37.5 Å². The summed E-state index contributed by atoms with van der Waals surface area (Å²) in [5.74, 6) is 1.66. The molecule has 0 bridgehead atoms. The van der Waals surface area contributed by atoms with Gasteiger partial charge in [-0.25, -0.2) is 0 Å². The van der Waals surface area contributed by atoms with Crippen LogP contribution in [0.3, 0.4) is 0 Å². The first-order chi connectivity index (χ1) is 7.08. The first-order valence-corrected chi connectivity index (χ1v) is 5.05. The minimum Gasteiger partial charge on any atom is -0.497 e. The summed E-state index contributed by atoms with van der Waals surface area (Å²) in [6.07, 6.45) is 0.833. The van der Waals surface area contributed by atoms with E-state index in [4.69, 9.17) is 15.2 Å². The Morgan fingerprint density at radius 1 is 1.27 bits per heavy atom. The fourth-order valence-electron chi connectivity index (χ4n) is 1.61. The van der Waals surface area contributed by atoms with Crippen molar-refractivity contribution >= 4 is 0 Å². The molecule has 1 unspecified atom stereocenters. The van der Waals surface area contributed by atoms with E-state index in [0.29, 0.717) is 0 Å². The molecular weight excluding hydrogens is 190 g/mol. The number of nitrogens with two attached hydrogens (primary N) is 1. The average molecular weight is 209 g/mol. The highest BCUT2D eigenvalue weighted by molar-refractivity contribution is 5.46. The van der Waals surface area contributed by atoms with Crippen molar-refractivity contribution in [3.05, 3.63) is 23.3 Å². The van der Waals surface area contributed by atoms with Crippen molar-refractivity contribution in [3.8, 4) is 11.5 Å². The van der Waals surface area contributed by atoms with Crippen molar-refractivity contribution in [2.45, 2.75) is 26.3 Å². The predicted molar refractivity (Wildman–Crippen MR) is 61.6 cm³/mol. The maximum Gasteiger partial charge on any atom is 0.125 e. The molecule has 1 atom stereocenters. The molecule has 3 nitrogen and oxygen atoms in total. The number of hydrogen-bond donors (Lipinski definition) is 1. The van der Waals surface area contributed by atoms with E-state index in [1.54, 1.807) is 14.2 Å². The van der Waals surface area contributed by atoms with Crippen molar-refractivity contribution in [2.75, 3.05) is 14.2 Å². The fourth-order valence-corrected chi connectivity index (χ4v) is 1.61. The summed E-state index contributed by atoms with van der Waals surface area (Å²) in [5.41, 5.74) is 8.11. The molecule has 0 saturated carbocycles. The van der Waals surface area contributed by atoms with Crippen LogP contribution in [-0.2, 0) is 6.42 Å². The van der Waals surface area contributed by atoms with E-state index in [0.717, 1.165) is 23.5 Å². The Labute approximate surface area is 91.2 Å². The summed E-state index contributed by atoms with van der Waals surface area (Å²) >= 11 is 0. The van der Waals surface area contributed by atoms with Crippen LogP contribution in [0.25, 0.3) is 0 Å². The number of methoxy groups -OCH3 is 2. The molecule has 0 aromatic heterocycles. The van der Waals surface area contributed by atoms with E-state index >= 15 is 0 Å². The molecule has 15 heavy (non-hydrogen) atoms. The molecule has 3 heteroatoms. The van der Waals surface area contributed by atoms with Crippen molar-refractivity contribution < 1.29 is 9.47 Å². The standard InChI is InChI=1S/C12H19NO2/c1-8(13)5-10-6-11(14-3)7-12(15-4)9(10)2/h6-8H,5,13H2,1-4H3. The second-order valence-electron chi connectivity index (χ2n) is 3.80. The summed E-state index contributed by atoms with van der Waals surface area (Å²) in [4.78, 5) is 0. The van der Waals surface area contributed by atoms with Crippen LogP contribution in [0.4, 0.5) is 0 Å². The summed E-state index contributed by atoms with van der Waals surface area (Å²) in [7, 11) is 3.32. The smallest absolute Gasteiger partial charge is 0.125 e. The predicted octanol–water partition coefficient (Wildman–Crippen LogP) is 1.90. The topological polar surface area (TPSA) is 44.5 Å². The van der Waals surface area contributed by atoms with Gasteiger partial charge in [0.1, 0.15) is 11.5 Å². The molecule has 0 amide bonds. The highest BCUT2D eigenvalue weighted by Gasteiger charge is 2.09. The molecule has 0 aliphatic rings. The zero-order valence-corrected chi connectivity index (χ0v) is 9.83. The van der Waals surface area contributed by atoms with Crippen LogP contribution in [-0.4, -0.2) is 20.3 Å². The summed E-state index contributed by atoms with van der Waals surface area (Å²) in [6, 6.07) is 4.04. The third kappa shape index (κ3) is 2.86. The Morgan fingerprint density at radius 2 is 1.93 bits per heavy atom. The van der Waals surface area contributed by atoms with E-state index in [9.17, 15) is 0 Å². The Hall–Kier alpha value is -1.22. The second kappa shape index (κ2) is 5.03. The lowest BCUT2D eigenvalue weighted by Crippen LogP contribution is -2.18. The van der Waals surface area contributed by atoms with Crippen LogP contribution in [0.2, 0.25) is 0 Å². The van der Waals surface area contributed by atoms with Gasteiger partial charge in [0, 0.05) is 12.1 Å². The van der Waals surface area contributed by atoms with Gasteiger partial charge in [0.05, 0.1) is 14.2 Å². The zero-order chi connectivity index (χ0) is 11.4. The van der Waals surface area contributed by atoms with Crippen LogP contribution in [0.1, 0.15) is 18.1 Å². The van der Waals surface area contributed by atoms with E-state index in [2.05, 4.69) is 0 Å². The fraction of sp³-hybridized carbons (Fsp3) is 0.500. The van der Waals surface area contributed by atoms with Gasteiger partial charge in [-0.15, -0.1) is 0 Å². The van der Waals surface area contributed by atoms with Gasteiger partial charge >= 0.3 is 0 Å². The lowest BCUT2D eigenvalue weighted by molar-refractivity contribution is 0.391. The minimum atomic E-state index is 0.139. The first kappa shape index (κ1) is 11.9. The number of ether oxygens (including phenoxy) is 2. The van der Waals surface area contributed by atoms with Gasteiger partial charge in [0.15, 0.2) is 0 Å². The Morgan fingerprint density at radius 3 is 2.40 bits per heavy atom. The zero-order valence-electron chi connectivity index (χ0n) is 9.83. The third-order valence-electron chi connectivity index (χ3n) is 2.44. The summed E-state index contributed by atoms with van der Waals surface area (Å²) < 4.78 is 10.5. The second-order valence-corrected chi connectivity index (χ2v) is 3.80. The highest BCUT2D eigenvalue weighted by atomic mass is 16.5. The summed E-state index contributed by atoms with van der Waals surface area (Å²) in [5, 5.41) is 0. The molecule has 0 aliphatic carbocycles. The van der Waals surface area contributed by atoms with Gasteiger partial charge in [-0.1, -0.05) is 0 Å². The number of benzene rings is 1. The van der Waals surface area contributed by atoms with E-state index in [1.165, 1.54) is 5.56 Å². The number of rotatable bonds is 4. The Kier molecular flexibility index (Phi) is 3.97. The van der Waals surface area contributed by atoms with E-state index in [-0.39, 0.29) is 6.04 Å². The molecule has 0 fully saturated rings. The molecule has 0 saturated heterocycles. The quantitative estimate of drug-likeness (QED) is 0.823. The molecule has 0 radical (unpaired) electrons. The Bertz CT molecular complexity index is 335. The van der Waals surface area contributed by atoms with Crippen molar-refractivity contribution in [1.29, 1.82) is 0 Å². The van der Waals surface area contributed by atoms with Crippen LogP contribution in [0, 0.1) is 6.92 Å². The summed E-state index contributed by atoms with van der Waals surface area (Å²) in [6.45, 7) is 4.03. The number of hydrogen-bond acceptors (Lipinski definition) is 3. The van der Waals surface area contributed by atoms with Crippen molar-refractivity contribution in [3.63, 3.8) is 0 Å². The molecule has 2 N–H and O–H groups in total. The van der Waals surface area contributed by atoms with Crippen LogP contribution >= 0.6 is 0 Å². The minimum absolute atomic E-state index is 0.139. The SMILES string of the molecule is COc1cc(CC(C)N)c(C)c(OC)c1. The lowest BCUT2D eigenvalue weighted by Gasteiger charge is -2.14. The van der Waals surface area contributed by atoms with Gasteiger partial charge < -0.3 is 15.2 Å². The van der Waals surface area contributed by atoms with Gasteiger partial charge in [0.25, 0.3) is 0 Å². The van der Waals surface area contributed by atoms with Gasteiger partial charge in [-0.2, -0.15) is 0 Å². The molecule has 0 heterocycles. The molecule has 1 aromatic carbocycles. The van der Waals surface area contributed by atoms with Crippen LogP contribution in [0.15, 0.2) is 12.1 Å². The van der Waals surface area contributed by atoms with E-state index < -0.39 is 0 Å². The maximum absolute atomic E-state index is 5.79. The Balaban J connectivity index is 3.12. The van der Waals surface area contributed by atoms with E-state index in [1.807, 2.05) is 26.0 Å². The molecule has 1 aromatic rings. The van der Waals surface area contributed by atoms with Crippen molar-refractivity contribution in [2.24, 2.45) is 5.73 Å². The largest absolute Gasteiger partial charge is 0.497 e. The van der Waals surface area contributed by atoms with Crippen LogP contribution < -0.4 is 15.2 Å². The van der Waals surface area contributed by atoms with Crippen molar-refractivity contribution in [1.82, 2.24) is 0 Å². The monoisotopic (exact) mass is 209 g/mol. The molecule has 0 spiro atoms. The molecule has 0 aliphatic heterocycles. The average Bonchev–Trinajstić information content (AvgIpc) is 2.20. The first-order valence-electron chi connectivity index (χ1n) is 5.05. The maximum atomic E-state index is 5.79. The molecular formula is C12H19NO2. The highest BCUT2D eigenvalue weighted by Crippen LogP contribution is 2.28. The van der Waals surface area contributed by atoms with Gasteiger partial charge in [0.2, 0.25) is 0 Å². The lowest BCUT2D eigenvalue weighted by atomic mass is 10.0. The van der Waals surface area contributed by atoms with Gasteiger partial charge in [-0.3, -0.25) is 0 Å². The molecule has 84 valence electrons. The molecule has 1 rings (SSSR count). The normalized spacial score (nSPS) is 12.3.